The number of esters is 1. The maximum absolute atomic E-state index is 13.2. The quantitative estimate of drug-likeness (QED) is 0.506. The molecule has 0 aliphatic carbocycles. The fourth-order valence-corrected chi connectivity index (χ4v) is 4.04. The molecule has 0 aliphatic rings. The summed E-state index contributed by atoms with van der Waals surface area (Å²) in [6.45, 7) is 3.80. The van der Waals surface area contributed by atoms with Crippen LogP contribution in [0.2, 0.25) is 0 Å². The average molecular weight is 348 g/mol. The van der Waals surface area contributed by atoms with Gasteiger partial charge in [0.2, 0.25) is 5.85 Å². The Morgan fingerprint density at radius 1 is 0.917 bits per heavy atom. The van der Waals surface area contributed by atoms with Crippen molar-refractivity contribution in [3.05, 3.63) is 71.8 Å². The fourth-order valence-electron chi connectivity index (χ4n) is 2.21. The minimum atomic E-state index is -3.67. The molecule has 0 fully saturated rings. The van der Waals surface area contributed by atoms with E-state index in [9.17, 15) is 9.36 Å². The third kappa shape index (κ3) is 4.54. The SMILES string of the molecule is CCOP(=O)(OCC)[C@H](OC(=O)c1ccccc1)c1ccccc1. The molecular formula is C18H21O5P. The lowest BCUT2D eigenvalue weighted by atomic mass is 10.2. The molecule has 0 heterocycles. The van der Waals surface area contributed by atoms with Crippen molar-refractivity contribution in [3.8, 4) is 0 Å². The highest BCUT2D eigenvalue weighted by Gasteiger charge is 2.40. The lowest BCUT2D eigenvalue weighted by molar-refractivity contribution is 0.0364. The van der Waals surface area contributed by atoms with Crippen LogP contribution in [0, 0.1) is 0 Å². The monoisotopic (exact) mass is 348 g/mol. The molecule has 2 aromatic carbocycles. The zero-order valence-electron chi connectivity index (χ0n) is 13.8. The van der Waals surface area contributed by atoms with E-state index in [4.69, 9.17) is 13.8 Å². The normalized spacial score (nSPS) is 12.6. The molecule has 0 saturated carbocycles. The summed E-state index contributed by atoms with van der Waals surface area (Å²) < 4.78 is 29.5. The van der Waals surface area contributed by atoms with E-state index >= 15 is 0 Å². The Labute approximate surface area is 142 Å². The van der Waals surface area contributed by atoms with Gasteiger partial charge in [-0.15, -0.1) is 0 Å². The van der Waals surface area contributed by atoms with Gasteiger partial charge >= 0.3 is 13.6 Å². The van der Waals surface area contributed by atoms with Crippen molar-refractivity contribution in [2.24, 2.45) is 0 Å². The van der Waals surface area contributed by atoms with Crippen molar-refractivity contribution in [1.82, 2.24) is 0 Å². The van der Waals surface area contributed by atoms with Gasteiger partial charge in [-0.1, -0.05) is 48.5 Å². The summed E-state index contributed by atoms with van der Waals surface area (Å²) in [4.78, 5) is 12.4. The van der Waals surface area contributed by atoms with Gasteiger partial charge in [0.15, 0.2) is 0 Å². The van der Waals surface area contributed by atoms with Crippen LogP contribution in [-0.2, 0) is 18.3 Å². The van der Waals surface area contributed by atoms with E-state index in [-0.39, 0.29) is 13.2 Å². The Balaban J connectivity index is 2.36. The van der Waals surface area contributed by atoms with Crippen molar-refractivity contribution in [2.75, 3.05) is 13.2 Å². The molecule has 5 nitrogen and oxygen atoms in total. The molecule has 0 N–H and O–H groups in total. The largest absolute Gasteiger partial charge is 0.441 e. The van der Waals surface area contributed by atoms with Crippen LogP contribution >= 0.6 is 7.60 Å². The summed E-state index contributed by atoms with van der Waals surface area (Å²) in [5.74, 6) is -1.70. The third-order valence-corrected chi connectivity index (χ3v) is 5.43. The summed E-state index contributed by atoms with van der Waals surface area (Å²) in [7, 11) is -3.67. The van der Waals surface area contributed by atoms with Crippen LogP contribution in [0.5, 0.6) is 0 Å². The molecule has 0 aliphatic heterocycles. The molecule has 128 valence electrons. The van der Waals surface area contributed by atoms with E-state index in [0.717, 1.165) is 0 Å². The number of hydrogen-bond acceptors (Lipinski definition) is 5. The molecule has 2 aromatic rings. The molecule has 0 amide bonds. The minimum absolute atomic E-state index is 0.184. The Morgan fingerprint density at radius 3 is 1.92 bits per heavy atom. The van der Waals surface area contributed by atoms with Gasteiger partial charge in [-0.2, -0.15) is 0 Å². The second-order valence-electron chi connectivity index (χ2n) is 4.91. The molecule has 0 spiro atoms. The van der Waals surface area contributed by atoms with Crippen molar-refractivity contribution < 1.29 is 23.1 Å². The summed E-state index contributed by atoms with van der Waals surface area (Å²) >= 11 is 0. The molecule has 1 atom stereocenters. The first-order valence-corrected chi connectivity index (χ1v) is 9.41. The number of carbonyl (C=O) groups is 1. The zero-order chi connectivity index (χ0) is 17.4. The van der Waals surface area contributed by atoms with Gasteiger partial charge in [0.25, 0.3) is 0 Å². The number of ether oxygens (including phenoxy) is 1. The standard InChI is InChI=1S/C18H21O5P/c1-3-21-24(20,22-4-2)18(16-13-9-6-10-14-16)23-17(19)15-11-7-5-8-12-15/h5-14,18H,3-4H2,1-2H3/t18-/m0/s1. The van der Waals surface area contributed by atoms with Crippen molar-refractivity contribution in [2.45, 2.75) is 19.7 Å². The molecule has 6 heteroatoms. The van der Waals surface area contributed by atoms with Crippen LogP contribution < -0.4 is 0 Å². The highest BCUT2D eigenvalue weighted by atomic mass is 31.2. The van der Waals surface area contributed by atoms with E-state index in [2.05, 4.69) is 0 Å². The number of carbonyl (C=O) groups excluding carboxylic acids is 1. The van der Waals surface area contributed by atoms with E-state index in [1.165, 1.54) is 0 Å². The van der Waals surface area contributed by atoms with Crippen molar-refractivity contribution >= 4 is 13.6 Å². The summed E-state index contributed by atoms with van der Waals surface area (Å²) in [5, 5.41) is 0. The van der Waals surface area contributed by atoms with E-state index < -0.39 is 19.4 Å². The summed E-state index contributed by atoms with van der Waals surface area (Å²) in [5.41, 5.74) is 0.935. The Kier molecular flexibility index (Phi) is 6.73. The average Bonchev–Trinajstić information content (AvgIpc) is 2.61. The van der Waals surface area contributed by atoms with E-state index in [0.29, 0.717) is 11.1 Å². The van der Waals surface area contributed by atoms with Crippen molar-refractivity contribution in [3.63, 3.8) is 0 Å². The van der Waals surface area contributed by atoms with Gasteiger partial charge < -0.3 is 13.8 Å². The topological polar surface area (TPSA) is 61.8 Å². The van der Waals surface area contributed by atoms with Gasteiger partial charge in [-0.25, -0.2) is 4.79 Å². The maximum atomic E-state index is 13.2. The molecule has 24 heavy (non-hydrogen) atoms. The lowest BCUT2D eigenvalue weighted by Gasteiger charge is -2.26. The van der Waals surface area contributed by atoms with Gasteiger partial charge in [-0.3, -0.25) is 4.57 Å². The maximum Gasteiger partial charge on any atom is 0.375 e. The molecule has 0 radical (unpaired) electrons. The first-order chi connectivity index (χ1) is 11.6. The molecule has 0 aromatic heterocycles. The first kappa shape index (κ1) is 18.4. The van der Waals surface area contributed by atoms with Crippen LogP contribution in [0.15, 0.2) is 60.7 Å². The van der Waals surface area contributed by atoms with Crippen LogP contribution in [0.4, 0.5) is 0 Å². The van der Waals surface area contributed by atoms with Crippen LogP contribution in [0.25, 0.3) is 0 Å². The van der Waals surface area contributed by atoms with E-state index in [1.54, 1.807) is 68.4 Å². The zero-order valence-corrected chi connectivity index (χ0v) is 14.6. The third-order valence-electron chi connectivity index (χ3n) is 3.22. The molecule has 0 bridgehead atoms. The summed E-state index contributed by atoms with van der Waals surface area (Å²) in [6.07, 6.45) is 0. The number of benzene rings is 2. The predicted octanol–water partition coefficient (Wildman–Crippen LogP) is 4.81. The Hall–Kier alpha value is -1.94. The highest BCUT2D eigenvalue weighted by Crippen LogP contribution is 2.61. The lowest BCUT2D eigenvalue weighted by Crippen LogP contribution is -2.15. The Morgan fingerprint density at radius 2 is 1.42 bits per heavy atom. The first-order valence-electron chi connectivity index (χ1n) is 7.80. The second-order valence-corrected chi connectivity index (χ2v) is 6.97. The van der Waals surface area contributed by atoms with E-state index in [1.807, 2.05) is 6.07 Å². The van der Waals surface area contributed by atoms with Gasteiger partial charge in [-0.05, 0) is 26.0 Å². The van der Waals surface area contributed by atoms with Gasteiger partial charge in [0, 0.05) is 5.56 Å². The fraction of sp³-hybridized carbons (Fsp3) is 0.278. The van der Waals surface area contributed by atoms with Gasteiger partial charge in [0.1, 0.15) is 0 Å². The second kappa shape index (κ2) is 8.78. The van der Waals surface area contributed by atoms with Crippen molar-refractivity contribution in [1.29, 1.82) is 0 Å². The van der Waals surface area contributed by atoms with Crippen LogP contribution in [0.1, 0.15) is 35.6 Å². The summed E-state index contributed by atoms with van der Waals surface area (Å²) in [6, 6.07) is 17.4. The molecular weight excluding hydrogens is 327 g/mol. The smallest absolute Gasteiger partial charge is 0.375 e. The Bertz CT molecular complexity index is 677. The molecule has 2 rings (SSSR count). The van der Waals surface area contributed by atoms with Crippen LogP contribution in [-0.4, -0.2) is 19.2 Å². The predicted molar refractivity (Wildman–Crippen MR) is 91.9 cm³/mol. The van der Waals surface area contributed by atoms with Crippen LogP contribution in [0.3, 0.4) is 0 Å². The number of hydrogen-bond donors (Lipinski definition) is 0. The molecule has 0 unspecified atom stereocenters. The minimum Gasteiger partial charge on any atom is -0.441 e. The number of rotatable bonds is 8. The molecule has 0 saturated heterocycles. The van der Waals surface area contributed by atoms with Gasteiger partial charge in [0.05, 0.1) is 18.8 Å². The highest BCUT2D eigenvalue weighted by molar-refractivity contribution is 7.54.